The van der Waals surface area contributed by atoms with Crippen molar-refractivity contribution in [2.45, 2.75) is 0 Å². The Morgan fingerprint density at radius 2 is 1.21 bits per heavy atom. The summed E-state index contributed by atoms with van der Waals surface area (Å²) in [6.07, 6.45) is 14.6. The molecule has 262 valence electrons. The molecule has 0 radical (unpaired) electrons. The van der Waals surface area contributed by atoms with Crippen LogP contribution in [0.2, 0.25) is 0 Å². The van der Waals surface area contributed by atoms with Crippen LogP contribution in [0.1, 0.15) is 10.4 Å². The second-order valence-corrected chi connectivity index (χ2v) is 11.9. The number of carbonyl (C=O) groups is 1. The van der Waals surface area contributed by atoms with Crippen LogP contribution in [-0.2, 0) is 14.1 Å². The number of para-hydroxylation sites is 1. The number of nitrogens with one attached hydrogen (secondary N) is 1. The van der Waals surface area contributed by atoms with E-state index in [1.165, 1.54) is 0 Å². The SMILES string of the molecule is Cn1cc(-c2cc(Oc3cccc(N)c3)ccn2)cn1.Cn1cc(-c2cc(Oc3cccc(NC(=O)c4ccccc4-n4cccc4)c3)ccn2)cn1. The molecule has 5 heterocycles. The van der Waals surface area contributed by atoms with Crippen molar-refractivity contribution in [1.29, 1.82) is 0 Å². The fraction of sp³-hybridized carbons (Fsp3) is 0.0488. The molecule has 0 atom stereocenters. The van der Waals surface area contributed by atoms with Gasteiger partial charge in [-0.05, 0) is 60.7 Å². The Hall–Kier alpha value is -7.47. The van der Waals surface area contributed by atoms with E-state index < -0.39 is 0 Å². The van der Waals surface area contributed by atoms with E-state index in [0.29, 0.717) is 39.9 Å². The molecule has 0 saturated carbocycles. The van der Waals surface area contributed by atoms with Crippen molar-refractivity contribution in [3.05, 3.63) is 164 Å². The maximum atomic E-state index is 13.0. The molecule has 0 fully saturated rings. The van der Waals surface area contributed by atoms with Gasteiger partial charge in [0.15, 0.2) is 0 Å². The number of ether oxygens (including phenoxy) is 2. The van der Waals surface area contributed by atoms with Gasteiger partial charge in [0.2, 0.25) is 0 Å². The van der Waals surface area contributed by atoms with Gasteiger partial charge in [0.05, 0.1) is 35.0 Å². The number of benzene rings is 3. The maximum absolute atomic E-state index is 13.0. The molecule has 53 heavy (non-hydrogen) atoms. The van der Waals surface area contributed by atoms with Gasteiger partial charge in [-0.25, -0.2) is 0 Å². The average molecular weight is 702 g/mol. The molecule has 5 aromatic heterocycles. The molecule has 12 nitrogen and oxygen atoms in total. The Morgan fingerprint density at radius 3 is 1.79 bits per heavy atom. The first-order valence-electron chi connectivity index (χ1n) is 16.6. The van der Waals surface area contributed by atoms with Crippen LogP contribution in [0.3, 0.4) is 0 Å². The van der Waals surface area contributed by atoms with Gasteiger partial charge >= 0.3 is 0 Å². The third-order valence-electron chi connectivity index (χ3n) is 7.92. The number of nitrogens with zero attached hydrogens (tertiary/aromatic N) is 7. The highest BCUT2D eigenvalue weighted by Crippen LogP contribution is 2.29. The van der Waals surface area contributed by atoms with Gasteiger partial charge in [0.25, 0.3) is 5.91 Å². The quantitative estimate of drug-likeness (QED) is 0.144. The highest BCUT2D eigenvalue weighted by atomic mass is 16.5. The number of aryl methyl sites for hydroxylation is 2. The van der Waals surface area contributed by atoms with Crippen molar-refractivity contribution in [3.63, 3.8) is 0 Å². The lowest BCUT2D eigenvalue weighted by Gasteiger charge is -2.12. The molecule has 8 aromatic rings. The van der Waals surface area contributed by atoms with Crippen LogP contribution in [0, 0.1) is 0 Å². The van der Waals surface area contributed by atoms with Crippen molar-refractivity contribution < 1.29 is 14.3 Å². The molecule has 0 spiro atoms. The highest BCUT2D eigenvalue weighted by Gasteiger charge is 2.13. The number of hydrogen-bond acceptors (Lipinski definition) is 8. The van der Waals surface area contributed by atoms with E-state index in [4.69, 9.17) is 15.2 Å². The van der Waals surface area contributed by atoms with E-state index in [-0.39, 0.29) is 5.91 Å². The first-order valence-corrected chi connectivity index (χ1v) is 16.6. The zero-order valence-corrected chi connectivity index (χ0v) is 28.9. The molecule has 8 rings (SSSR count). The lowest BCUT2D eigenvalue weighted by molar-refractivity contribution is 0.102. The summed E-state index contributed by atoms with van der Waals surface area (Å²) >= 11 is 0. The highest BCUT2D eigenvalue weighted by molar-refractivity contribution is 6.06. The summed E-state index contributed by atoms with van der Waals surface area (Å²) in [5.41, 5.74) is 11.9. The molecular weight excluding hydrogens is 667 g/mol. The van der Waals surface area contributed by atoms with Crippen LogP contribution in [0.15, 0.2) is 159 Å². The topological polar surface area (TPSA) is 140 Å². The number of aromatic nitrogens is 7. The molecule has 0 aliphatic carbocycles. The number of rotatable bonds is 9. The number of pyridine rings is 2. The number of hydrogen-bond donors (Lipinski definition) is 2. The largest absolute Gasteiger partial charge is 0.457 e. The second kappa shape index (κ2) is 15.6. The molecule has 0 aliphatic rings. The van der Waals surface area contributed by atoms with Crippen LogP contribution < -0.4 is 20.5 Å². The fourth-order valence-corrected chi connectivity index (χ4v) is 5.44. The second-order valence-electron chi connectivity index (χ2n) is 11.9. The summed E-state index contributed by atoms with van der Waals surface area (Å²) in [6.45, 7) is 0. The van der Waals surface area contributed by atoms with Crippen LogP contribution in [-0.4, -0.2) is 40.0 Å². The molecule has 3 N–H and O–H groups in total. The van der Waals surface area contributed by atoms with E-state index in [1.54, 1.807) is 52.4 Å². The van der Waals surface area contributed by atoms with Gasteiger partial charge in [-0.1, -0.05) is 24.3 Å². The minimum atomic E-state index is -0.195. The summed E-state index contributed by atoms with van der Waals surface area (Å²) < 4.78 is 17.2. The van der Waals surface area contributed by atoms with Gasteiger partial charge in [-0.15, -0.1) is 0 Å². The Morgan fingerprint density at radius 1 is 0.642 bits per heavy atom. The molecule has 0 unspecified atom stereocenters. The van der Waals surface area contributed by atoms with E-state index in [1.807, 2.05) is 134 Å². The molecule has 0 aliphatic heterocycles. The van der Waals surface area contributed by atoms with Gasteiger partial charge in [0.1, 0.15) is 23.0 Å². The first-order chi connectivity index (χ1) is 25.9. The van der Waals surface area contributed by atoms with Crippen molar-refractivity contribution >= 4 is 17.3 Å². The molecule has 1 amide bonds. The van der Waals surface area contributed by atoms with Crippen LogP contribution in [0.5, 0.6) is 23.0 Å². The van der Waals surface area contributed by atoms with Crippen molar-refractivity contribution in [2.75, 3.05) is 11.1 Å². The number of nitrogen functional groups attached to an aromatic ring is 1. The number of amides is 1. The fourth-order valence-electron chi connectivity index (χ4n) is 5.44. The predicted molar refractivity (Wildman–Crippen MR) is 204 cm³/mol. The van der Waals surface area contributed by atoms with Gasteiger partial charge in [-0.2, -0.15) is 10.2 Å². The standard InChI is InChI=1S/C26H21N5O2.C15H14N4O/c1-30-18-19(17-28-30)24-16-22(11-12-27-24)33-21-8-6-7-20(15-21)29-26(32)23-9-2-3-10-25(23)31-13-4-5-14-31;1-19-10-11(9-18-19)15-8-14(5-6-17-15)20-13-4-2-3-12(16)7-13/h2-18H,1H3,(H,29,32);2-10H,16H2,1H3. The van der Waals surface area contributed by atoms with Crippen molar-refractivity contribution in [3.8, 4) is 51.2 Å². The Bertz CT molecular complexity index is 2470. The lowest BCUT2D eigenvalue weighted by Crippen LogP contribution is -2.14. The third-order valence-corrected chi connectivity index (χ3v) is 7.92. The van der Waals surface area contributed by atoms with Crippen LogP contribution in [0.4, 0.5) is 11.4 Å². The third kappa shape index (κ3) is 8.64. The number of anilines is 2. The van der Waals surface area contributed by atoms with Crippen molar-refractivity contribution in [2.24, 2.45) is 14.1 Å². The van der Waals surface area contributed by atoms with E-state index in [0.717, 1.165) is 28.2 Å². The maximum Gasteiger partial charge on any atom is 0.257 e. The van der Waals surface area contributed by atoms with Gasteiger partial charge in [-0.3, -0.25) is 24.1 Å². The average Bonchev–Trinajstić information content (AvgIpc) is 3.96. The first kappa shape index (κ1) is 34.0. The molecule has 0 saturated heterocycles. The lowest BCUT2D eigenvalue weighted by atomic mass is 10.1. The summed E-state index contributed by atoms with van der Waals surface area (Å²) in [4.78, 5) is 21.7. The molecule has 3 aromatic carbocycles. The summed E-state index contributed by atoms with van der Waals surface area (Å²) in [5.74, 6) is 2.47. The van der Waals surface area contributed by atoms with Crippen LogP contribution in [0.25, 0.3) is 28.2 Å². The zero-order chi connectivity index (χ0) is 36.6. The van der Waals surface area contributed by atoms with Crippen molar-refractivity contribution in [1.82, 2.24) is 34.1 Å². The minimum Gasteiger partial charge on any atom is -0.457 e. The predicted octanol–water partition coefficient (Wildman–Crippen LogP) is 8.17. The Kier molecular flexibility index (Phi) is 10.0. The summed E-state index contributed by atoms with van der Waals surface area (Å²) in [7, 11) is 3.73. The summed E-state index contributed by atoms with van der Waals surface area (Å²) in [6, 6.07) is 33.3. The van der Waals surface area contributed by atoms with E-state index in [2.05, 4.69) is 25.5 Å². The Labute approximate surface area is 305 Å². The number of nitrogens with two attached hydrogens (primary N) is 1. The normalized spacial score (nSPS) is 10.6. The monoisotopic (exact) mass is 701 g/mol. The van der Waals surface area contributed by atoms with Gasteiger partial charge < -0.3 is 25.1 Å². The van der Waals surface area contributed by atoms with Crippen LogP contribution >= 0.6 is 0 Å². The molecule has 0 bridgehead atoms. The smallest absolute Gasteiger partial charge is 0.257 e. The molecule has 12 heteroatoms. The zero-order valence-electron chi connectivity index (χ0n) is 28.9. The summed E-state index contributed by atoms with van der Waals surface area (Å²) in [5, 5.41) is 11.3. The van der Waals surface area contributed by atoms with E-state index in [9.17, 15) is 4.79 Å². The Balaban J connectivity index is 0.000000186. The molecular formula is C41H35N9O3. The van der Waals surface area contributed by atoms with E-state index >= 15 is 0 Å². The van der Waals surface area contributed by atoms with Gasteiger partial charge in [0, 0.05) is 98.0 Å². The number of carbonyl (C=O) groups excluding carboxylic acids is 1. The minimum absolute atomic E-state index is 0.195.